The summed E-state index contributed by atoms with van der Waals surface area (Å²) < 4.78 is 6.64. The van der Waals surface area contributed by atoms with E-state index in [1.54, 1.807) is 6.92 Å². The molecule has 4 nitrogen and oxygen atoms in total. The number of nitrogens with one attached hydrogen (secondary N) is 1. The van der Waals surface area contributed by atoms with E-state index in [9.17, 15) is 9.59 Å². The monoisotopic (exact) mass is 377 g/mol. The Bertz CT molecular complexity index is 645. The molecule has 0 spiro atoms. The quantitative estimate of drug-likeness (QED) is 0.814. The van der Waals surface area contributed by atoms with E-state index in [0.717, 1.165) is 35.7 Å². The number of esters is 1. The molecule has 1 aliphatic carbocycles. The summed E-state index contributed by atoms with van der Waals surface area (Å²) in [5, 5.41) is 2.78. The number of hydrogen-bond donors (Lipinski definition) is 1. The van der Waals surface area contributed by atoms with Gasteiger partial charge in [0, 0.05) is 22.5 Å². The molecule has 122 valence electrons. The fourth-order valence-corrected chi connectivity index (χ4v) is 3.64. The van der Waals surface area contributed by atoms with Crippen LogP contribution < -0.4 is 5.32 Å². The summed E-state index contributed by atoms with van der Waals surface area (Å²) >= 11 is 3.41. The van der Waals surface area contributed by atoms with Crippen LogP contribution in [-0.4, -0.2) is 18.0 Å². The van der Waals surface area contributed by atoms with Crippen LogP contribution in [0.5, 0.6) is 0 Å². The van der Waals surface area contributed by atoms with E-state index in [0.29, 0.717) is 11.3 Å². The van der Waals surface area contributed by atoms with Gasteiger partial charge in [-0.2, -0.15) is 0 Å². The van der Waals surface area contributed by atoms with E-state index in [4.69, 9.17) is 4.74 Å². The van der Waals surface area contributed by atoms with Crippen LogP contribution in [0.2, 0.25) is 0 Å². The molecular formula is C18H20BrNO3. The first-order valence-electron chi connectivity index (χ1n) is 8.01. The molecule has 0 saturated heterocycles. The standard InChI is InChI=1S/C18H20BrNO3/c1-11-17(18(22)23-14-4-2-3-5-14)15(10-16(21)20-11)12-6-8-13(19)9-7-12/h6-9,14-15H,2-5,10H2,1H3,(H,20,21)/t15-/m0/s1. The first kappa shape index (κ1) is 16.2. The SMILES string of the molecule is CC1=C(C(=O)OC2CCCC2)[C@H](c2ccc(Br)cc2)CC(=O)N1. The van der Waals surface area contributed by atoms with E-state index >= 15 is 0 Å². The summed E-state index contributed by atoms with van der Waals surface area (Å²) in [5.41, 5.74) is 2.15. The van der Waals surface area contributed by atoms with Crippen molar-refractivity contribution in [3.05, 3.63) is 45.6 Å². The Balaban J connectivity index is 1.88. The summed E-state index contributed by atoms with van der Waals surface area (Å²) in [6.07, 6.45) is 4.39. The maximum atomic E-state index is 12.7. The Morgan fingerprint density at radius 3 is 2.52 bits per heavy atom. The molecule has 5 heteroatoms. The number of ether oxygens (including phenoxy) is 1. The van der Waals surface area contributed by atoms with Gasteiger partial charge in [-0.3, -0.25) is 4.79 Å². The maximum Gasteiger partial charge on any atom is 0.336 e. The Morgan fingerprint density at radius 1 is 1.22 bits per heavy atom. The number of amides is 1. The zero-order valence-electron chi connectivity index (χ0n) is 13.1. The molecule has 1 aromatic carbocycles. The molecule has 0 unspecified atom stereocenters. The highest BCUT2D eigenvalue weighted by molar-refractivity contribution is 9.10. The number of allylic oxidation sites excluding steroid dienone is 1. The third-order valence-electron chi connectivity index (χ3n) is 4.54. The zero-order chi connectivity index (χ0) is 16.4. The van der Waals surface area contributed by atoms with Gasteiger partial charge in [-0.05, 0) is 50.3 Å². The predicted octanol–water partition coefficient (Wildman–Crippen LogP) is 3.81. The number of carbonyl (C=O) groups is 2. The molecule has 3 rings (SSSR count). The van der Waals surface area contributed by atoms with Gasteiger partial charge in [-0.25, -0.2) is 4.79 Å². The van der Waals surface area contributed by atoms with Crippen molar-refractivity contribution in [3.8, 4) is 0 Å². The molecule has 1 heterocycles. The third-order valence-corrected chi connectivity index (χ3v) is 5.07. The lowest BCUT2D eigenvalue weighted by molar-refractivity contribution is -0.144. The van der Waals surface area contributed by atoms with Gasteiger partial charge < -0.3 is 10.1 Å². The number of rotatable bonds is 3. The van der Waals surface area contributed by atoms with Crippen LogP contribution in [0.25, 0.3) is 0 Å². The number of benzene rings is 1. The van der Waals surface area contributed by atoms with Crippen molar-refractivity contribution in [3.63, 3.8) is 0 Å². The molecule has 1 amide bonds. The summed E-state index contributed by atoms with van der Waals surface area (Å²) in [7, 11) is 0. The van der Waals surface area contributed by atoms with Crippen molar-refractivity contribution < 1.29 is 14.3 Å². The second kappa shape index (κ2) is 6.87. The highest BCUT2D eigenvalue weighted by Crippen LogP contribution is 2.35. The molecule has 1 atom stereocenters. The van der Waals surface area contributed by atoms with Crippen molar-refractivity contribution in [2.75, 3.05) is 0 Å². The lowest BCUT2D eigenvalue weighted by Gasteiger charge is -2.27. The fourth-order valence-electron chi connectivity index (χ4n) is 3.37. The smallest absolute Gasteiger partial charge is 0.336 e. The molecule has 23 heavy (non-hydrogen) atoms. The first-order valence-corrected chi connectivity index (χ1v) is 8.81. The van der Waals surface area contributed by atoms with E-state index in [1.807, 2.05) is 24.3 Å². The van der Waals surface area contributed by atoms with Crippen molar-refractivity contribution in [1.82, 2.24) is 5.32 Å². The van der Waals surface area contributed by atoms with E-state index < -0.39 is 0 Å². The molecule has 1 N–H and O–H groups in total. The number of hydrogen-bond acceptors (Lipinski definition) is 3. The minimum atomic E-state index is -0.290. The first-order chi connectivity index (χ1) is 11.0. The summed E-state index contributed by atoms with van der Waals surface area (Å²) in [4.78, 5) is 24.6. The van der Waals surface area contributed by atoms with Crippen LogP contribution in [-0.2, 0) is 14.3 Å². The molecule has 0 bridgehead atoms. The number of carbonyl (C=O) groups excluding carboxylic acids is 2. The van der Waals surface area contributed by atoms with Gasteiger partial charge in [-0.1, -0.05) is 28.1 Å². The summed E-state index contributed by atoms with van der Waals surface area (Å²) in [6.45, 7) is 1.77. The molecule has 0 aromatic heterocycles. The van der Waals surface area contributed by atoms with Gasteiger partial charge in [0.15, 0.2) is 0 Å². The molecule has 1 aromatic rings. The van der Waals surface area contributed by atoms with Gasteiger partial charge in [0.1, 0.15) is 6.10 Å². The van der Waals surface area contributed by atoms with Gasteiger partial charge >= 0.3 is 5.97 Å². The lowest BCUT2D eigenvalue weighted by Crippen LogP contribution is -2.35. The Labute approximate surface area is 144 Å². The van der Waals surface area contributed by atoms with Crippen molar-refractivity contribution in [2.24, 2.45) is 0 Å². The summed E-state index contributed by atoms with van der Waals surface area (Å²) in [6, 6.07) is 7.75. The minimum absolute atomic E-state index is 0.0194. The zero-order valence-corrected chi connectivity index (χ0v) is 14.7. The van der Waals surface area contributed by atoms with Crippen LogP contribution in [0.1, 0.15) is 50.5 Å². The highest BCUT2D eigenvalue weighted by Gasteiger charge is 2.34. The second-order valence-corrected chi connectivity index (χ2v) is 7.12. The van der Waals surface area contributed by atoms with Crippen LogP contribution in [0, 0.1) is 0 Å². The number of halogens is 1. The van der Waals surface area contributed by atoms with Crippen LogP contribution in [0.3, 0.4) is 0 Å². The van der Waals surface area contributed by atoms with Crippen LogP contribution in [0.4, 0.5) is 0 Å². The van der Waals surface area contributed by atoms with Gasteiger partial charge in [-0.15, -0.1) is 0 Å². The van der Waals surface area contributed by atoms with Crippen molar-refractivity contribution in [1.29, 1.82) is 0 Å². The average Bonchev–Trinajstić information content (AvgIpc) is 3.00. The molecule has 1 fully saturated rings. The predicted molar refractivity (Wildman–Crippen MR) is 90.7 cm³/mol. The molecule has 2 aliphatic rings. The average molecular weight is 378 g/mol. The van der Waals surface area contributed by atoms with Gasteiger partial charge in [0.25, 0.3) is 0 Å². The lowest BCUT2D eigenvalue weighted by atomic mass is 9.84. The van der Waals surface area contributed by atoms with Crippen LogP contribution in [0.15, 0.2) is 40.0 Å². The summed E-state index contributed by atoms with van der Waals surface area (Å²) in [5.74, 6) is -0.596. The van der Waals surface area contributed by atoms with Crippen molar-refractivity contribution in [2.45, 2.75) is 51.0 Å². The Morgan fingerprint density at radius 2 is 1.87 bits per heavy atom. The van der Waals surface area contributed by atoms with Crippen LogP contribution >= 0.6 is 15.9 Å². The van der Waals surface area contributed by atoms with E-state index in [-0.39, 0.29) is 30.3 Å². The third kappa shape index (κ3) is 3.66. The van der Waals surface area contributed by atoms with Gasteiger partial charge in [0.05, 0.1) is 5.57 Å². The van der Waals surface area contributed by atoms with E-state index in [2.05, 4.69) is 21.2 Å². The van der Waals surface area contributed by atoms with Gasteiger partial charge in [0.2, 0.25) is 5.91 Å². The Hall–Kier alpha value is -1.62. The normalized spacial score (nSPS) is 22.2. The minimum Gasteiger partial charge on any atom is -0.459 e. The molecule has 1 aliphatic heterocycles. The molecular weight excluding hydrogens is 358 g/mol. The Kier molecular flexibility index (Phi) is 4.85. The molecule has 1 saturated carbocycles. The largest absolute Gasteiger partial charge is 0.459 e. The van der Waals surface area contributed by atoms with Crippen molar-refractivity contribution >= 4 is 27.8 Å². The highest BCUT2D eigenvalue weighted by atomic mass is 79.9. The second-order valence-electron chi connectivity index (χ2n) is 6.21. The maximum absolute atomic E-state index is 12.7. The topological polar surface area (TPSA) is 55.4 Å². The molecule has 0 radical (unpaired) electrons. The van der Waals surface area contributed by atoms with E-state index in [1.165, 1.54) is 0 Å². The fraction of sp³-hybridized carbons (Fsp3) is 0.444.